The predicted molar refractivity (Wildman–Crippen MR) is 70.5 cm³/mol. The molecular weight excluding hydrogens is 272 g/mol. The second-order valence-electron chi connectivity index (χ2n) is 4.94. The Kier molecular flexibility index (Phi) is 6.18. The quantitative estimate of drug-likeness (QED) is 0.646. The number of hydrogen-bond donors (Lipinski definition) is 1. The van der Waals surface area contributed by atoms with Gasteiger partial charge in [0, 0.05) is 19.7 Å². The maximum atomic E-state index is 12.2. The van der Waals surface area contributed by atoms with Crippen molar-refractivity contribution >= 4 is 16.0 Å². The van der Waals surface area contributed by atoms with Crippen LogP contribution >= 0.6 is 0 Å². The number of hydrogen-bond acceptors (Lipinski definition) is 5. The molecule has 1 saturated heterocycles. The molecule has 8 heteroatoms. The van der Waals surface area contributed by atoms with Crippen LogP contribution in [0.4, 0.5) is 0 Å². The third kappa shape index (κ3) is 5.85. The lowest BCUT2D eigenvalue weighted by Crippen LogP contribution is -2.43. The van der Waals surface area contributed by atoms with Gasteiger partial charge in [-0.2, -0.15) is 4.31 Å². The highest BCUT2D eigenvalue weighted by atomic mass is 32.2. The van der Waals surface area contributed by atoms with Crippen molar-refractivity contribution in [3.8, 4) is 0 Å². The van der Waals surface area contributed by atoms with E-state index in [2.05, 4.69) is 0 Å². The van der Waals surface area contributed by atoms with Crippen LogP contribution in [0, 0.1) is 0 Å². The fraction of sp³-hybridized carbons (Fsp3) is 0.909. The van der Waals surface area contributed by atoms with Crippen LogP contribution in [0.15, 0.2) is 0 Å². The SMILES string of the molecule is CN(C)CCN(CC(=O)O)S(=O)(=O)CC1CCCO1. The predicted octanol–water partition coefficient (Wildman–Crippen LogP) is -0.557. The summed E-state index contributed by atoms with van der Waals surface area (Å²) in [6, 6.07) is 0. The van der Waals surface area contributed by atoms with Crippen LogP contribution in [0.5, 0.6) is 0 Å². The van der Waals surface area contributed by atoms with Gasteiger partial charge in [-0.15, -0.1) is 0 Å². The lowest BCUT2D eigenvalue weighted by molar-refractivity contribution is -0.137. The lowest BCUT2D eigenvalue weighted by Gasteiger charge is -2.23. The molecule has 0 aromatic heterocycles. The van der Waals surface area contributed by atoms with Crippen molar-refractivity contribution in [2.75, 3.05) is 46.1 Å². The van der Waals surface area contributed by atoms with Gasteiger partial charge in [-0.05, 0) is 26.9 Å². The zero-order valence-electron chi connectivity index (χ0n) is 11.4. The first-order valence-corrected chi connectivity index (χ1v) is 7.88. The van der Waals surface area contributed by atoms with Crippen LogP contribution in [-0.4, -0.2) is 80.9 Å². The van der Waals surface area contributed by atoms with Gasteiger partial charge >= 0.3 is 5.97 Å². The molecule has 1 N–H and O–H groups in total. The van der Waals surface area contributed by atoms with E-state index < -0.39 is 22.5 Å². The van der Waals surface area contributed by atoms with E-state index in [1.165, 1.54) is 0 Å². The van der Waals surface area contributed by atoms with E-state index in [0.29, 0.717) is 19.6 Å². The summed E-state index contributed by atoms with van der Waals surface area (Å²) in [6.07, 6.45) is 1.27. The molecule has 0 saturated carbocycles. The molecule has 0 aromatic carbocycles. The molecule has 0 radical (unpaired) electrons. The summed E-state index contributed by atoms with van der Waals surface area (Å²) in [6.45, 7) is 0.742. The Balaban J connectivity index is 2.66. The highest BCUT2D eigenvalue weighted by molar-refractivity contribution is 7.89. The van der Waals surface area contributed by atoms with Gasteiger partial charge in [-0.1, -0.05) is 0 Å². The minimum Gasteiger partial charge on any atom is -0.480 e. The zero-order chi connectivity index (χ0) is 14.5. The summed E-state index contributed by atoms with van der Waals surface area (Å²) in [5.74, 6) is -1.28. The highest BCUT2D eigenvalue weighted by Crippen LogP contribution is 2.16. The van der Waals surface area contributed by atoms with Crippen molar-refractivity contribution in [3.05, 3.63) is 0 Å². The fourth-order valence-corrected chi connectivity index (χ4v) is 3.51. The first-order chi connectivity index (χ1) is 8.81. The number of carboxylic acid groups (broad SMARTS) is 1. The number of rotatable bonds is 8. The monoisotopic (exact) mass is 294 g/mol. The molecule has 1 fully saturated rings. The molecule has 1 aliphatic rings. The Bertz CT molecular complexity index is 390. The maximum absolute atomic E-state index is 12.2. The second kappa shape index (κ2) is 7.18. The number of sulfonamides is 1. The van der Waals surface area contributed by atoms with Gasteiger partial charge in [-0.3, -0.25) is 4.79 Å². The standard InChI is InChI=1S/C11H22N2O5S/c1-12(2)5-6-13(8-11(14)15)19(16,17)9-10-4-3-7-18-10/h10H,3-9H2,1-2H3,(H,14,15). The van der Waals surface area contributed by atoms with E-state index in [1.54, 1.807) is 0 Å². The van der Waals surface area contributed by atoms with Gasteiger partial charge < -0.3 is 14.7 Å². The number of aliphatic carboxylic acids is 1. The van der Waals surface area contributed by atoms with E-state index in [0.717, 1.165) is 10.7 Å². The summed E-state index contributed by atoms with van der Waals surface area (Å²) in [4.78, 5) is 12.6. The van der Waals surface area contributed by atoms with Crippen LogP contribution in [0.25, 0.3) is 0 Å². The largest absolute Gasteiger partial charge is 0.480 e. The Morgan fingerprint density at radius 2 is 2.05 bits per heavy atom. The van der Waals surface area contributed by atoms with E-state index in [4.69, 9.17) is 9.84 Å². The molecule has 0 aromatic rings. The molecule has 1 heterocycles. The van der Waals surface area contributed by atoms with Crippen LogP contribution in [0.2, 0.25) is 0 Å². The van der Waals surface area contributed by atoms with E-state index in [9.17, 15) is 13.2 Å². The minimum absolute atomic E-state index is 0.131. The number of carboxylic acids is 1. The topological polar surface area (TPSA) is 87.2 Å². The number of ether oxygens (including phenoxy) is 1. The molecule has 7 nitrogen and oxygen atoms in total. The average molecular weight is 294 g/mol. The van der Waals surface area contributed by atoms with Crippen LogP contribution in [0.3, 0.4) is 0 Å². The molecule has 0 bridgehead atoms. The van der Waals surface area contributed by atoms with Crippen molar-refractivity contribution in [2.24, 2.45) is 0 Å². The van der Waals surface area contributed by atoms with E-state index >= 15 is 0 Å². The zero-order valence-corrected chi connectivity index (χ0v) is 12.2. The number of nitrogens with zero attached hydrogens (tertiary/aromatic N) is 2. The lowest BCUT2D eigenvalue weighted by atomic mass is 10.3. The van der Waals surface area contributed by atoms with Gasteiger partial charge in [0.1, 0.15) is 6.54 Å². The summed E-state index contributed by atoms with van der Waals surface area (Å²) in [7, 11) is 0.0266. The molecule has 1 unspecified atom stereocenters. The third-order valence-corrected chi connectivity index (χ3v) is 4.81. The van der Waals surface area contributed by atoms with Gasteiger partial charge in [0.05, 0.1) is 11.9 Å². The van der Waals surface area contributed by atoms with Crippen molar-refractivity contribution in [3.63, 3.8) is 0 Å². The Hall–Kier alpha value is -0.700. The van der Waals surface area contributed by atoms with Gasteiger partial charge in [0.2, 0.25) is 10.0 Å². The maximum Gasteiger partial charge on any atom is 0.318 e. The van der Waals surface area contributed by atoms with Gasteiger partial charge in [-0.25, -0.2) is 8.42 Å². The first-order valence-electron chi connectivity index (χ1n) is 6.27. The summed E-state index contributed by atoms with van der Waals surface area (Å²) < 4.78 is 30.7. The molecule has 1 atom stereocenters. The molecule has 19 heavy (non-hydrogen) atoms. The molecule has 0 aliphatic carbocycles. The molecule has 0 amide bonds. The van der Waals surface area contributed by atoms with E-state index in [1.807, 2.05) is 19.0 Å². The molecule has 112 valence electrons. The molecule has 1 rings (SSSR count). The second-order valence-corrected chi connectivity index (χ2v) is 6.96. The smallest absolute Gasteiger partial charge is 0.318 e. The van der Waals surface area contributed by atoms with Crippen molar-refractivity contribution in [1.29, 1.82) is 0 Å². The van der Waals surface area contributed by atoms with Crippen LogP contribution < -0.4 is 0 Å². The van der Waals surface area contributed by atoms with Crippen LogP contribution in [0.1, 0.15) is 12.8 Å². The summed E-state index contributed by atoms with van der Waals surface area (Å²) in [5.41, 5.74) is 0. The number of likely N-dealkylation sites (N-methyl/N-ethyl adjacent to an activating group) is 1. The third-order valence-electron chi connectivity index (χ3n) is 2.92. The van der Waals surface area contributed by atoms with Crippen molar-refractivity contribution < 1.29 is 23.1 Å². The van der Waals surface area contributed by atoms with Crippen molar-refractivity contribution in [1.82, 2.24) is 9.21 Å². The van der Waals surface area contributed by atoms with E-state index in [-0.39, 0.29) is 18.4 Å². The highest BCUT2D eigenvalue weighted by Gasteiger charge is 2.29. The fourth-order valence-electron chi connectivity index (χ4n) is 1.89. The normalized spacial score (nSPS) is 20.3. The van der Waals surface area contributed by atoms with Crippen LogP contribution in [-0.2, 0) is 19.6 Å². The minimum atomic E-state index is -3.60. The van der Waals surface area contributed by atoms with Crippen molar-refractivity contribution in [2.45, 2.75) is 18.9 Å². The summed E-state index contributed by atoms with van der Waals surface area (Å²) in [5, 5.41) is 8.82. The molecular formula is C11H22N2O5S. The molecule has 0 spiro atoms. The molecule has 1 aliphatic heterocycles. The average Bonchev–Trinajstić information content (AvgIpc) is 2.75. The van der Waals surface area contributed by atoms with Gasteiger partial charge in [0.25, 0.3) is 0 Å². The van der Waals surface area contributed by atoms with Gasteiger partial charge in [0.15, 0.2) is 0 Å². The first kappa shape index (κ1) is 16.4. The summed E-state index contributed by atoms with van der Waals surface area (Å²) >= 11 is 0. The number of carbonyl (C=O) groups is 1. The Morgan fingerprint density at radius 3 is 2.53 bits per heavy atom. The Morgan fingerprint density at radius 1 is 1.37 bits per heavy atom. The Labute approximate surface area is 114 Å².